The summed E-state index contributed by atoms with van der Waals surface area (Å²) in [5.41, 5.74) is 0.991. The average Bonchev–Trinajstić information content (AvgIpc) is 3.33. The number of benzene rings is 1. The Labute approximate surface area is 168 Å². The SMILES string of the molecule is O=C(NCc1ccc2c(c1)OCO2)[C@H]1CSC2(CCN(C(=O)C3CC3)CC2)N1. The number of nitrogens with one attached hydrogen (secondary N) is 2. The Morgan fingerprint density at radius 3 is 2.79 bits per heavy atom. The molecule has 4 aliphatic rings. The Kier molecular flexibility index (Phi) is 4.63. The van der Waals surface area contributed by atoms with Crippen LogP contribution in [0.5, 0.6) is 11.5 Å². The van der Waals surface area contributed by atoms with Crippen LogP contribution in [0.3, 0.4) is 0 Å². The highest BCUT2D eigenvalue weighted by atomic mass is 32.2. The van der Waals surface area contributed by atoms with Crippen LogP contribution in [0.1, 0.15) is 31.2 Å². The van der Waals surface area contributed by atoms with Crippen molar-refractivity contribution in [1.29, 1.82) is 0 Å². The number of hydrogen-bond donors (Lipinski definition) is 2. The highest BCUT2D eigenvalue weighted by Gasteiger charge is 2.45. The van der Waals surface area contributed by atoms with E-state index in [4.69, 9.17) is 9.47 Å². The van der Waals surface area contributed by atoms with Crippen LogP contribution in [0.4, 0.5) is 0 Å². The highest BCUT2D eigenvalue weighted by Crippen LogP contribution is 2.40. The minimum absolute atomic E-state index is 0.0264. The van der Waals surface area contributed by atoms with Gasteiger partial charge in [0.1, 0.15) is 0 Å². The fourth-order valence-electron chi connectivity index (χ4n) is 4.11. The molecule has 7 nitrogen and oxygen atoms in total. The second-order valence-corrected chi connectivity index (χ2v) is 9.41. The standard InChI is InChI=1S/C20H25N3O4S/c24-18(21-10-13-1-4-16-17(9-13)27-12-26-16)15-11-28-20(22-15)5-7-23(8-6-20)19(25)14-2-3-14/h1,4,9,14-15,22H,2-3,5-8,10-12H2,(H,21,24)/t15-/m1/s1. The first-order valence-electron chi connectivity index (χ1n) is 9.99. The van der Waals surface area contributed by atoms with E-state index in [1.807, 2.05) is 34.9 Å². The summed E-state index contributed by atoms with van der Waals surface area (Å²) in [7, 11) is 0. The number of carbonyl (C=O) groups is 2. The lowest BCUT2D eigenvalue weighted by molar-refractivity contribution is -0.134. The van der Waals surface area contributed by atoms with Gasteiger partial charge in [-0.25, -0.2) is 0 Å². The van der Waals surface area contributed by atoms with Crippen LogP contribution in [0.25, 0.3) is 0 Å². The van der Waals surface area contributed by atoms with E-state index in [1.54, 1.807) is 0 Å². The quantitative estimate of drug-likeness (QED) is 0.793. The molecule has 1 saturated carbocycles. The van der Waals surface area contributed by atoms with Gasteiger partial charge >= 0.3 is 0 Å². The molecular formula is C20H25N3O4S. The summed E-state index contributed by atoms with van der Waals surface area (Å²) in [6.45, 7) is 2.30. The third kappa shape index (κ3) is 3.55. The number of piperidine rings is 1. The summed E-state index contributed by atoms with van der Waals surface area (Å²) in [6.07, 6.45) is 3.92. The predicted octanol–water partition coefficient (Wildman–Crippen LogP) is 1.47. The molecule has 0 aromatic heterocycles. The lowest BCUT2D eigenvalue weighted by Crippen LogP contribution is -2.54. The van der Waals surface area contributed by atoms with E-state index in [2.05, 4.69) is 10.6 Å². The Hall–Kier alpha value is -1.93. The number of likely N-dealkylation sites (tertiary alicyclic amines) is 1. The van der Waals surface area contributed by atoms with Gasteiger partial charge in [-0.3, -0.25) is 14.9 Å². The van der Waals surface area contributed by atoms with Crippen molar-refractivity contribution < 1.29 is 19.1 Å². The zero-order valence-electron chi connectivity index (χ0n) is 15.7. The second-order valence-electron chi connectivity index (χ2n) is 8.01. The maximum Gasteiger partial charge on any atom is 0.238 e. The minimum atomic E-state index is -0.190. The summed E-state index contributed by atoms with van der Waals surface area (Å²) in [6, 6.07) is 5.54. The second kappa shape index (κ2) is 7.15. The Morgan fingerprint density at radius 2 is 2.00 bits per heavy atom. The van der Waals surface area contributed by atoms with Crippen molar-refractivity contribution in [2.75, 3.05) is 25.6 Å². The monoisotopic (exact) mass is 403 g/mol. The van der Waals surface area contributed by atoms with Gasteiger partial charge in [0.15, 0.2) is 11.5 Å². The molecule has 28 heavy (non-hydrogen) atoms. The molecule has 1 aliphatic carbocycles. The summed E-state index contributed by atoms with van der Waals surface area (Å²) in [5, 5.41) is 6.59. The highest BCUT2D eigenvalue weighted by molar-refractivity contribution is 8.01. The van der Waals surface area contributed by atoms with Gasteiger partial charge in [0.25, 0.3) is 0 Å². The molecule has 0 bridgehead atoms. The number of hydrogen-bond acceptors (Lipinski definition) is 6. The van der Waals surface area contributed by atoms with Crippen molar-refractivity contribution in [2.24, 2.45) is 5.92 Å². The van der Waals surface area contributed by atoms with Gasteiger partial charge in [-0.05, 0) is 43.4 Å². The predicted molar refractivity (Wildman–Crippen MR) is 105 cm³/mol. The van der Waals surface area contributed by atoms with Crippen LogP contribution in [-0.4, -0.2) is 53.3 Å². The van der Waals surface area contributed by atoms with Gasteiger partial charge in [-0.2, -0.15) is 0 Å². The molecule has 1 aromatic carbocycles. The van der Waals surface area contributed by atoms with E-state index in [-0.39, 0.29) is 29.5 Å². The molecule has 150 valence electrons. The number of rotatable bonds is 4. The van der Waals surface area contributed by atoms with Crippen molar-refractivity contribution in [3.05, 3.63) is 23.8 Å². The Balaban J connectivity index is 1.12. The molecule has 1 spiro atoms. The number of ether oxygens (including phenoxy) is 2. The molecule has 3 heterocycles. The summed E-state index contributed by atoms with van der Waals surface area (Å²) < 4.78 is 10.7. The molecule has 3 fully saturated rings. The first-order chi connectivity index (χ1) is 13.6. The Morgan fingerprint density at radius 1 is 1.21 bits per heavy atom. The van der Waals surface area contributed by atoms with Gasteiger partial charge in [0.2, 0.25) is 18.6 Å². The normalized spacial score (nSPS) is 25.1. The van der Waals surface area contributed by atoms with E-state index in [9.17, 15) is 9.59 Å². The minimum Gasteiger partial charge on any atom is -0.454 e. The van der Waals surface area contributed by atoms with Crippen molar-refractivity contribution in [2.45, 2.75) is 43.1 Å². The summed E-state index contributed by atoms with van der Waals surface area (Å²) in [5.74, 6) is 2.89. The molecule has 1 atom stereocenters. The van der Waals surface area contributed by atoms with Gasteiger partial charge in [0.05, 0.1) is 10.9 Å². The first-order valence-corrected chi connectivity index (χ1v) is 11.0. The number of nitrogens with zero attached hydrogens (tertiary/aromatic N) is 1. The maximum absolute atomic E-state index is 12.6. The van der Waals surface area contributed by atoms with Crippen LogP contribution >= 0.6 is 11.8 Å². The van der Waals surface area contributed by atoms with Crippen molar-refractivity contribution in [3.63, 3.8) is 0 Å². The lowest BCUT2D eigenvalue weighted by atomic mass is 10.0. The summed E-state index contributed by atoms with van der Waals surface area (Å²) in [4.78, 5) is 26.8. The van der Waals surface area contributed by atoms with Crippen molar-refractivity contribution >= 4 is 23.6 Å². The number of amides is 2. The van der Waals surface area contributed by atoms with Gasteiger partial charge in [-0.1, -0.05) is 6.07 Å². The molecule has 0 unspecified atom stereocenters. The van der Waals surface area contributed by atoms with E-state index in [0.717, 1.165) is 61.6 Å². The third-order valence-corrected chi connectivity index (χ3v) is 7.57. The molecule has 8 heteroatoms. The van der Waals surface area contributed by atoms with E-state index in [0.29, 0.717) is 12.5 Å². The average molecular weight is 404 g/mol. The van der Waals surface area contributed by atoms with Gasteiger partial charge < -0.3 is 19.7 Å². The fourth-order valence-corrected chi connectivity index (χ4v) is 5.53. The van der Waals surface area contributed by atoms with E-state index < -0.39 is 0 Å². The lowest BCUT2D eigenvalue weighted by Gasteiger charge is -2.39. The molecule has 2 N–H and O–H groups in total. The first kappa shape index (κ1) is 18.1. The van der Waals surface area contributed by atoms with Gasteiger partial charge in [-0.15, -0.1) is 11.8 Å². The maximum atomic E-state index is 12.6. The van der Waals surface area contributed by atoms with Crippen LogP contribution in [0, 0.1) is 5.92 Å². The fraction of sp³-hybridized carbons (Fsp3) is 0.600. The van der Waals surface area contributed by atoms with Crippen LogP contribution < -0.4 is 20.1 Å². The largest absolute Gasteiger partial charge is 0.454 e. The van der Waals surface area contributed by atoms with E-state index in [1.165, 1.54) is 0 Å². The molecular weight excluding hydrogens is 378 g/mol. The molecule has 3 aliphatic heterocycles. The molecule has 1 aromatic rings. The van der Waals surface area contributed by atoms with Crippen LogP contribution in [0.2, 0.25) is 0 Å². The molecule has 5 rings (SSSR count). The smallest absolute Gasteiger partial charge is 0.238 e. The topological polar surface area (TPSA) is 79.9 Å². The zero-order valence-corrected chi connectivity index (χ0v) is 16.6. The van der Waals surface area contributed by atoms with Crippen molar-refractivity contribution in [3.8, 4) is 11.5 Å². The Bertz CT molecular complexity index is 790. The summed E-state index contributed by atoms with van der Waals surface area (Å²) >= 11 is 1.83. The number of thioether (sulfide) groups is 1. The van der Waals surface area contributed by atoms with Crippen molar-refractivity contribution in [1.82, 2.24) is 15.5 Å². The van der Waals surface area contributed by atoms with Gasteiger partial charge in [0, 0.05) is 31.3 Å². The molecule has 2 amide bonds. The van der Waals surface area contributed by atoms with E-state index >= 15 is 0 Å². The third-order valence-electron chi connectivity index (χ3n) is 5.99. The molecule has 0 radical (unpaired) electrons. The zero-order chi connectivity index (χ0) is 19.1. The number of carbonyl (C=O) groups excluding carboxylic acids is 2. The number of fused-ring (bicyclic) bond motifs is 1. The van der Waals surface area contributed by atoms with Crippen LogP contribution in [-0.2, 0) is 16.1 Å². The van der Waals surface area contributed by atoms with Crippen LogP contribution in [0.15, 0.2) is 18.2 Å². The molecule has 2 saturated heterocycles.